The third-order valence-electron chi connectivity index (χ3n) is 2.75. The SMILES string of the molecule is CCOC(=O)N1CCC[C@@H](C(=O)NC(C)C)C1. The minimum atomic E-state index is -0.311. The first-order valence-electron chi connectivity index (χ1n) is 6.26. The Morgan fingerprint density at radius 2 is 2.18 bits per heavy atom. The van der Waals surface area contributed by atoms with Gasteiger partial charge < -0.3 is 15.0 Å². The van der Waals surface area contributed by atoms with Gasteiger partial charge in [0.25, 0.3) is 0 Å². The lowest BCUT2D eigenvalue weighted by Crippen LogP contribution is -2.46. The fourth-order valence-electron chi connectivity index (χ4n) is 1.97. The summed E-state index contributed by atoms with van der Waals surface area (Å²) in [5.74, 6) is -0.0652. The summed E-state index contributed by atoms with van der Waals surface area (Å²) in [4.78, 5) is 25.0. The first-order valence-corrected chi connectivity index (χ1v) is 6.26. The number of amides is 2. The molecule has 0 aromatic rings. The molecule has 1 saturated heterocycles. The summed E-state index contributed by atoms with van der Waals surface area (Å²) in [5, 5.41) is 2.89. The van der Waals surface area contributed by atoms with E-state index in [-0.39, 0.29) is 24.0 Å². The van der Waals surface area contributed by atoms with Crippen LogP contribution in [0, 0.1) is 5.92 Å². The molecule has 0 aromatic heterocycles. The standard InChI is InChI=1S/C12H22N2O3/c1-4-17-12(16)14-7-5-6-10(8-14)11(15)13-9(2)3/h9-10H,4-8H2,1-3H3,(H,13,15)/t10-/m1/s1. The summed E-state index contributed by atoms with van der Waals surface area (Å²) in [6, 6.07) is 0.139. The average Bonchev–Trinajstić information content (AvgIpc) is 2.28. The number of hydrogen-bond donors (Lipinski definition) is 1. The van der Waals surface area contributed by atoms with Gasteiger partial charge in [-0.1, -0.05) is 0 Å². The maximum Gasteiger partial charge on any atom is 0.409 e. The number of likely N-dealkylation sites (tertiary alicyclic amines) is 1. The van der Waals surface area contributed by atoms with E-state index in [1.165, 1.54) is 0 Å². The topological polar surface area (TPSA) is 58.6 Å². The van der Waals surface area contributed by atoms with E-state index in [1.807, 2.05) is 13.8 Å². The second-order valence-electron chi connectivity index (χ2n) is 4.65. The number of piperidine rings is 1. The zero-order valence-corrected chi connectivity index (χ0v) is 10.9. The van der Waals surface area contributed by atoms with Crippen molar-refractivity contribution >= 4 is 12.0 Å². The molecule has 0 unspecified atom stereocenters. The fourth-order valence-corrected chi connectivity index (χ4v) is 1.97. The lowest BCUT2D eigenvalue weighted by atomic mass is 9.97. The Morgan fingerprint density at radius 3 is 2.76 bits per heavy atom. The van der Waals surface area contributed by atoms with E-state index in [4.69, 9.17) is 4.74 Å². The summed E-state index contributed by atoms with van der Waals surface area (Å²) in [6.07, 6.45) is 1.39. The Balaban J connectivity index is 2.48. The van der Waals surface area contributed by atoms with Crippen LogP contribution in [0.15, 0.2) is 0 Å². The molecule has 5 nitrogen and oxygen atoms in total. The molecule has 2 amide bonds. The zero-order valence-electron chi connectivity index (χ0n) is 10.9. The molecule has 0 bridgehead atoms. The van der Waals surface area contributed by atoms with Crippen molar-refractivity contribution in [2.75, 3.05) is 19.7 Å². The molecule has 1 aliphatic heterocycles. The average molecular weight is 242 g/mol. The Hall–Kier alpha value is -1.26. The van der Waals surface area contributed by atoms with Crippen molar-refractivity contribution in [3.8, 4) is 0 Å². The Morgan fingerprint density at radius 1 is 1.47 bits per heavy atom. The highest BCUT2D eigenvalue weighted by Gasteiger charge is 2.29. The first-order chi connectivity index (χ1) is 8.04. The molecule has 1 aliphatic rings. The normalized spacial score (nSPS) is 20.2. The first kappa shape index (κ1) is 13.8. The van der Waals surface area contributed by atoms with Gasteiger partial charge >= 0.3 is 6.09 Å². The molecule has 0 spiro atoms. The molecule has 1 rings (SSSR count). The predicted molar refractivity (Wildman–Crippen MR) is 64.6 cm³/mol. The number of rotatable bonds is 3. The van der Waals surface area contributed by atoms with Crippen molar-refractivity contribution in [3.05, 3.63) is 0 Å². The highest BCUT2D eigenvalue weighted by atomic mass is 16.6. The number of hydrogen-bond acceptors (Lipinski definition) is 3. The largest absolute Gasteiger partial charge is 0.450 e. The summed E-state index contributed by atoms with van der Waals surface area (Å²) in [7, 11) is 0. The summed E-state index contributed by atoms with van der Waals surface area (Å²) in [6.45, 7) is 7.18. The molecule has 1 atom stereocenters. The van der Waals surface area contributed by atoms with Gasteiger partial charge in [-0.15, -0.1) is 0 Å². The van der Waals surface area contributed by atoms with Crippen molar-refractivity contribution < 1.29 is 14.3 Å². The van der Waals surface area contributed by atoms with Gasteiger partial charge in [0, 0.05) is 19.1 Å². The minimum absolute atomic E-state index is 0.0361. The number of ether oxygens (including phenoxy) is 1. The highest BCUT2D eigenvalue weighted by Crippen LogP contribution is 2.17. The minimum Gasteiger partial charge on any atom is -0.450 e. The Labute approximate surface area is 102 Å². The van der Waals surface area contributed by atoms with Crippen LogP contribution in [0.3, 0.4) is 0 Å². The predicted octanol–water partition coefficient (Wildman–Crippen LogP) is 1.38. The summed E-state index contributed by atoms with van der Waals surface area (Å²) >= 11 is 0. The monoisotopic (exact) mass is 242 g/mol. The van der Waals surface area contributed by atoms with Gasteiger partial charge in [0.15, 0.2) is 0 Å². The maximum atomic E-state index is 11.8. The maximum absolute atomic E-state index is 11.8. The van der Waals surface area contributed by atoms with Crippen molar-refractivity contribution in [1.29, 1.82) is 0 Å². The lowest BCUT2D eigenvalue weighted by Gasteiger charge is -2.31. The summed E-state index contributed by atoms with van der Waals surface area (Å²) in [5.41, 5.74) is 0. The van der Waals surface area contributed by atoms with Crippen LogP contribution >= 0.6 is 0 Å². The Kier molecular flexibility index (Phi) is 5.25. The number of carbonyl (C=O) groups excluding carboxylic acids is 2. The van der Waals surface area contributed by atoms with E-state index in [0.29, 0.717) is 19.7 Å². The second-order valence-corrected chi connectivity index (χ2v) is 4.65. The van der Waals surface area contributed by atoms with E-state index in [1.54, 1.807) is 11.8 Å². The van der Waals surface area contributed by atoms with Crippen LogP contribution in [0.1, 0.15) is 33.6 Å². The third-order valence-corrected chi connectivity index (χ3v) is 2.75. The van der Waals surface area contributed by atoms with E-state index in [0.717, 1.165) is 12.8 Å². The van der Waals surface area contributed by atoms with Gasteiger partial charge in [-0.3, -0.25) is 4.79 Å². The molecule has 1 N–H and O–H groups in total. The number of carbonyl (C=O) groups is 2. The lowest BCUT2D eigenvalue weighted by molar-refractivity contribution is -0.126. The quantitative estimate of drug-likeness (QED) is 0.813. The van der Waals surface area contributed by atoms with Crippen LogP contribution in [-0.2, 0) is 9.53 Å². The van der Waals surface area contributed by atoms with Crippen LogP contribution in [0.25, 0.3) is 0 Å². The van der Waals surface area contributed by atoms with E-state index < -0.39 is 0 Å². The van der Waals surface area contributed by atoms with Crippen molar-refractivity contribution in [3.63, 3.8) is 0 Å². The summed E-state index contributed by atoms with van der Waals surface area (Å²) < 4.78 is 4.95. The molecule has 0 aliphatic carbocycles. The molecule has 0 saturated carbocycles. The molecule has 5 heteroatoms. The van der Waals surface area contributed by atoms with E-state index >= 15 is 0 Å². The molecule has 98 valence electrons. The molecule has 1 heterocycles. The molecule has 1 fully saturated rings. The van der Waals surface area contributed by atoms with Gasteiger partial charge in [0.2, 0.25) is 5.91 Å². The van der Waals surface area contributed by atoms with Gasteiger partial charge in [0.1, 0.15) is 0 Å². The Bertz CT molecular complexity index is 279. The van der Waals surface area contributed by atoms with Crippen LogP contribution in [0.2, 0.25) is 0 Å². The van der Waals surface area contributed by atoms with Crippen LogP contribution < -0.4 is 5.32 Å². The van der Waals surface area contributed by atoms with Crippen LogP contribution in [0.4, 0.5) is 4.79 Å². The van der Waals surface area contributed by atoms with Crippen molar-refractivity contribution in [2.24, 2.45) is 5.92 Å². The number of nitrogens with zero attached hydrogens (tertiary/aromatic N) is 1. The van der Waals surface area contributed by atoms with Crippen molar-refractivity contribution in [2.45, 2.75) is 39.7 Å². The van der Waals surface area contributed by atoms with E-state index in [9.17, 15) is 9.59 Å². The van der Waals surface area contributed by atoms with E-state index in [2.05, 4.69) is 5.32 Å². The molecular weight excluding hydrogens is 220 g/mol. The smallest absolute Gasteiger partial charge is 0.409 e. The molecule has 0 radical (unpaired) electrons. The molecule has 0 aromatic carbocycles. The van der Waals surface area contributed by atoms with Gasteiger partial charge in [-0.05, 0) is 33.6 Å². The highest BCUT2D eigenvalue weighted by molar-refractivity contribution is 5.80. The van der Waals surface area contributed by atoms with Crippen LogP contribution in [-0.4, -0.2) is 42.6 Å². The second kappa shape index (κ2) is 6.47. The number of nitrogens with one attached hydrogen (secondary N) is 1. The fraction of sp³-hybridized carbons (Fsp3) is 0.833. The van der Waals surface area contributed by atoms with Gasteiger partial charge in [-0.2, -0.15) is 0 Å². The van der Waals surface area contributed by atoms with Gasteiger partial charge in [0.05, 0.1) is 12.5 Å². The van der Waals surface area contributed by atoms with Crippen LogP contribution in [0.5, 0.6) is 0 Å². The zero-order chi connectivity index (χ0) is 12.8. The molecule has 17 heavy (non-hydrogen) atoms. The molecular formula is C12H22N2O3. The van der Waals surface area contributed by atoms with Crippen molar-refractivity contribution in [1.82, 2.24) is 10.2 Å². The van der Waals surface area contributed by atoms with Gasteiger partial charge in [-0.25, -0.2) is 4.79 Å². The third kappa shape index (κ3) is 4.24.